The van der Waals surface area contributed by atoms with Crippen LogP contribution in [-0.4, -0.2) is 19.7 Å². The lowest BCUT2D eigenvalue weighted by molar-refractivity contribution is 0.298. The summed E-state index contributed by atoms with van der Waals surface area (Å²) in [4.78, 5) is 0. The zero-order valence-electron chi connectivity index (χ0n) is 9.43. The topological polar surface area (TPSA) is 21.3 Å². The lowest BCUT2D eigenvalue weighted by Gasteiger charge is -2.08. The maximum absolute atomic E-state index is 13.4. The third-order valence-corrected chi connectivity index (χ3v) is 2.45. The molecule has 0 amide bonds. The lowest BCUT2D eigenvalue weighted by Crippen LogP contribution is -2.22. The molecule has 0 aliphatic carbocycles. The smallest absolute Gasteiger partial charge is 0.183 e. The predicted molar refractivity (Wildman–Crippen MR) is 64.7 cm³/mol. The number of unbranched alkanes of at least 4 members (excludes halogenated alkanes) is 1. The van der Waals surface area contributed by atoms with Gasteiger partial charge in [0.25, 0.3) is 0 Å². The fourth-order valence-corrected chi connectivity index (χ4v) is 1.42. The largest absolute Gasteiger partial charge is 0.489 e. The highest BCUT2D eigenvalue weighted by atomic mass is 35.5. The fraction of sp³-hybridized carbons (Fsp3) is 0.500. The lowest BCUT2D eigenvalue weighted by atomic mass is 10.3. The summed E-state index contributed by atoms with van der Waals surface area (Å²) in [6.45, 7) is 4.27. The van der Waals surface area contributed by atoms with E-state index in [9.17, 15) is 4.39 Å². The van der Waals surface area contributed by atoms with E-state index in [0.717, 1.165) is 19.4 Å². The molecule has 0 saturated carbocycles. The van der Waals surface area contributed by atoms with Gasteiger partial charge < -0.3 is 10.1 Å². The van der Waals surface area contributed by atoms with Crippen LogP contribution in [0.1, 0.15) is 19.8 Å². The van der Waals surface area contributed by atoms with E-state index in [-0.39, 0.29) is 10.8 Å². The van der Waals surface area contributed by atoms with Gasteiger partial charge in [0, 0.05) is 6.54 Å². The van der Waals surface area contributed by atoms with Gasteiger partial charge in [-0.3, -0.25) is 0 Å². The van der Waals surface area contributed by atoms with Gasteiger partial charge in [-0.15, -0.1) is 0 Å². The van der Waals surface area contributed by atoms with E-state index in [1.165, 1.54) is 6.07 Å². The molecule has 0 atom stereocenters. The Hall–Kier alpha value is -0.800. The zero-order chi connectivity index (χ0) is 11.8. The van der Waals surface area contributed by atoms with Crippen molar-refractivity contribution in [3.8, 4) is 5.75 Å². The number of benzene rings is 1. The van der Waals surface area contributed by atoms with E-state index >= 15 is 0 Å². The normalized spacial score (nSPS) is 10.4. The van der Waals surface area contributed by atoms with E-state index in [1.807, 2.05) is 0 Å². The van der Waals surface area contributed by atoms with Crippen molar-refractivity contribution in [3.63, 3.8) is 0 Å². The minimum absolute atomic E-state index is 0.0939. The van der Waals surface area contributed by atoms with Gasteiger partial charge in [-0.1, -0.05) is 31.0 Å². The Balaban J connectivity index is 2.24. The van der Waals surface area contributed by atoms with Crippen molar-refractivity contribution in [3.05, 3.63) is 29.0 Å². The van der Waals surface area contributed by atoms with E-state index in [0.29, 0.717) is 13.2 Å². The monoisotopic (exact) mass is 245 g/mol. The van der Waals surface area contributed by atoms with Gasteiger partial charge in [-0.25, -0.2) is 4.39 Å². The highest BCUT2D eigenvalue weighted by molar-refractivity contribution is 6.30. The van der Waals surface area contributed by atoms with Gasteiger partial charge in [0.1, 0.15) is 6.61 Å². The molecule has 0 aliphatic heterocycles. The van der Waals surface area contributed by atoms with Crippen molar-refractivity contribution in [2.24, 2.45) is 0 Å². The van der Waals surface area contributed by atoms with Crippen molar-refractivity contribution in [2.45, 2.75) is 19.8 Å². The quantitative estimate of drug-likeness (QED) is 0.745. The van der Waals surface area contributed by atoms with Gasteiger partial charge in [0.05, 0.1) is 5.02 Å². The summed E-state index contributed by atoms with van der Waals surface area (Å²) in [5, 5.41) is 3.30. The molecule has 0 radical (unpaired) electrons. The number of hydrogen-bond donors (Lipinski definition) is 1. The molecule has 0 unspecified atom stereocenters. The number of hydrogen-bond acceptors (Lipinski definition) is 2. The molecule has 1 aromatic carbocycles. The number of ether oxygens (including phenoxy) is 1. The van der Waals surface area contributed by atoms with Crippen LogP contribution >= 0.6 is 11.6 Å². The SMILES string of the molecule is CCCCNCCOc1cccc(Cl)c1F. The molecule has 1 rings (SSSR count). The van der Waals surface area contributed by atoms with E-state index in [4.69, 9.17) is 16.3 Å². The van der Waals surface area contributed by atoms with Gasteiger partial charge in [-0.2, -0.15) is 0 Å². The van der Waals surface area contributed by atoms with E-state index < -0.39 is 5.82 Å². The summed E-state index contributed by atoms with van der Waals surface area (Å²) in [6.07, 6.45) is 2.31. The molecular weight excluding hydrogens is 229 g/mol. The molecule has 0 fully saturated rings. The molecule has 2 nitrogen and oxygen atoms in total. The van der Waals surface area contributed by atoms with Crippen LogP contribution in [0.3, 0.4) is 0 Å². The first kappa shape index (κ1) is 13.3. The van der Waals surface area contributed by atoms with Crippen molar-refractivity contribution in [1.82, 2.24) is 5.32 Å². The molecule has 1 aromatic rings. The second-order valence-corrected chi connectivity index (χ2v) is 3.91. The average molecular weight is 246 g/mol. The first-order chi connectivity index (χ1) is 7.75. The summed E-state index contributed by atoms with van der Waals surface area (Å²) in [7, 11) is 0. The Morgan fingerprint density at radius 2 is 2.19 bits per heavy atom. The Bertz CT molecular complexity index is 320. The van der Waals surface area contributed by atoms with Gasteiger partial charge >= 0.3 is 0 Å². The average Bonchev–Trinajstić information content (AvgIpc) is 2.29. The summed E-state index contributed by atoms with van der Waals surface area (Å²) in [5.41, 5.74) is 0. The van der Waals surface area contributed by atoms with Crippen molar-refractivity contribution in [1.29, 1.82) is 0 Å². The van der Waals surface area contributed by atoms with Crippen molar-refractivity contribution in [2.75, 3.05) is 19.7 Å². The predicted octanol–water partition coefficient (Wildman–Crippen LogP) is 3.25. The molecule has 0 aliphatic rings. The molecule has 0 heterocycles. The first-order valence-corrected chi connectivity index (χ1v) is 5.91. The van der Waals surface area contributed by atoms with Gasteiger partial charge in [0.15, 0.2) is 11.6 Å². The Morgan fingerprint density at radius 1 is 1.38 bits per heavy atom. The highest BCUT2D eigenvalue weighted by Crippen LogP contribution is 2.23. The number of rotatable bonds is 7. The molecule has 0 spiro atoms. The first-order valence-electron chi connectivity index (χ1n) is 5.53. The third-order valence-electron chi connectivity index (χ3n) is 2.16. The Morgan fingerprint density at radius 3 is 2.94 bits per heavy atom. The number of nitrogens with one attached hydrogen (secondary N) is 1. The van der Waals surface area contributed by atoms with Crippen LogP contribution < -0.4 is 10.1 Å². The molecule has 16 heavy (non-hydrogen) atoms. The van der Waals surface area contributed by atoms with Crippen LogP contribution in [0.2, 0.25) is 5.02 Å². The molecule has 1 N–H and O–H groups in total. The van der Waals surface area contributed by atoms with Crippen LogP contribution in [0.4, 0.5) is 4.39 Å². The number of halogens is 2. The standard InChI is InChI=1S/C12H17ClFNO/c1-2-3-7-15-8-9-16-11-6-4-5-10(13)12(11)14/h4-6,15H,2-3,7-9H2,1H3. The Kier molecular flexibility index (Phi) is 6.19. The summed E-state index contributed by atoms with van der Waals surface area (Å²) >= 11 is 5.62. The van der Waals surface area contributed by atoms with Crippen LogP contribution in [0.15, 0.2) is 18.2 Å². The molecule has 0 aromatic heterocycles. The van der Waals surface area contributed by atoms with E-state index in [1.54, 1.807) is 12.1 Å². The van der Waals surface area contributed by atoms with E-state index in [2.05, 4.69) is 12.2 Å². The minimum Gasteiger partial charge on any atom is -0.489 e. The summed E-state index contributed by atoms with van der Waals surface area (Å²) in [5.74, 6) is -0.275. The molecular formula is C12H17ClFNO. The molecule has 0 bridgehead atoms. The molecule has 4 heteroatoms. The van der Waals surface area contributed by atoms with Gasteiger partial charge in [-0.05, 0) is 25.1 Å². The molecule has 90 valence electrons. The minimum atomic E-state index is -0.488. The Labute approximate surface area is 101 Å². The maximum atomic E-state index is 13.4. The second kappa shape index (κ2) is 7.47. The third kappa shape index (κ3) is 4.37. The van der Waals surface area contributed by atoms with Crippen LogP contribution in [-0.2, 0) is 0 Å². The highest BCUT2D eigenvalue weighted by Gasteiger charge is 2.06. The maximum Gasteiger partial charge on any atom is 0.183 e. The summed E-state index contributed by atoms with van der Waals surface area (Å²) in [6, 6.07) is 4.75. The van der Waals surface area contributed by atoms with Crippen molar-refractivity contribution >= 4 is 11.6 Å². The fourth-order valence-electron chi connectivity index (χ4n) is 1.26. The second-order valence-electron chi connectivity index (χ2n) is 3.50. The van der Waals surface area contributed by atoms with Crippen LogP contribution in [0, 0.1) is 5.82 Å². The summed E-state index contributed by atoms with van der Waals surface area (Å²) < 4.78 is 18.6. The molecule has 0 saturated heterocycles. The van der Waals surface area contributed by atoms with Crippen LogP contribution in [0.25, 0.3) is 0 Å². The van der Waals surface area contributed by atoms with Crippen molar-refractivity contribution < 1.29 is 9.13 Å². The zero-order valence-corrected chi connectivity index (χ0v) is 10.2. The van der Waals surface area contributed by atoms with Crippen LogP contribution in [0.5, 0.6) is 5.75 Å². The van der Waals surface area contributed by atoms with Gasteiger partial charge in [0.2, 0.25) is 0 Å².